The summed E-state index contributed by atoms with van der Waals surface area (Å²) in [4.78, 5) is 0. The number of benzene rings is 1. The fourth-order valence-corrected chi connectivity index (χ4v) is 3.40. The van der Waals surface area contributed by atoms with Crippen LogP contribution in [0.1, 0.15) is 58.4 Å². The number of hydrogen-bond donors (Lipinski definition) is 1. The molecule has 110 valence electrons. The van der Waals surface area contributed by atoms with Gasteiger partial charge < -0.3 is 5.11 Å². The molecule has 2 atom stereocenters. The molecule has 0 bridgehead atoms. The Morgan fingerprint density at radius 2 is 1.65 bits per heavy atom. The molecule has 1 nitrogen and oxygen atoms in total. The van der Waals surface area contributed by atoms with E-state index in [1.165, 1.54) is 48.8 Å². The average Bonchev–Trinajstić information content (AvgIpc) is 2.53. The van der Waals surface area contributed by atoms with Crippen LogP contribution >= 0.6 is 0 Å². The minimum absolute atomic E-state index is 0.186. The smallest absolute Gasteiger partial charge is 0.0631 e. The molecule has 0 saturated heterocycles. The summed E-state index contributed by atoms with van der Waals surface area (Å²) in [5, 5.41) is 10.7. The molecule has 1 aromatic carbocycles. The highest BCUT2D eigenvalue weighted by Crippen LogP contribution is 2.33. The summed E-state index contributed by atoms with van der Waals surface area (Å²) in [7, 11) is 0. The van der Waals surface area contributed by atoms with Gasteiger partial charge in [0, 0.05) is 5.92 Å². The van der Waals surface area contributed by atoms with Gasteiger partial charge in [0.05, 0.1) is 6.10 Å². The van der Waals surface area contributed by atoms with Crippen LogP contribution in [0.5, 0.6) is 0 Å². The van der Waals surface area contributed by atoms with Crippen molar-refractivity contribution in [3.05, 3.63) is 41.5 Å². The first-order valence-corrected chi connectivity index (χ1v) is 8.02. The predicted octanol–water partition coefficient (Wildman–Crippen LogP) is 5.06. The van der Waals surface area contributed by atoms with Gasteiger partial charge in [-0.2, -0.15) is 0 Å². The molecular weight excluding hydrogens is 244 g/mol. The second-order valence-corrected chi connectivity index (χ2v) is 6.35. The van der Waals surface area contributed by atoms with Crippen LogP contribution in [0.3, 0.4) is 0 Å². The fourth-order valence-electron chi connectivity index (χ4n) is 3.40. The quantitative estimate of drug-likeness (QED) is 0.812. The third kappa shape index (κ3) is 3.52. The van der Waals surface area contributed by atoms with Gasteiger partial charge in [0.15, 0.2) is 0 Å². The minimum atomic E-state index is -0.186. The van der Waals surface area contributed by atoms with E-state index in [0.29, 0.717) is 5.92 Å². The van der Waals surface area contributed by atoms with Gasteiger partial charge in [-0.05, 0) is 43.7 Å². The lowest BCUT2D eigenvalue weighted by Gasteiger charge is -2.31. The van der Waals surface area contributed by atoms with Crippen molar-refractivity contribution in [3.63, 3.8) is 0 Å². The summed E-state index contributed by atoms with van der Waals surface area (Å²) in [5.41, 5.74) is 3.91. The Labute approximate surface area is 123 Å². The SMILES string of the molecule is C/C(=C(\C)[C@H](C)[C@H](O)C1CCCCC1)c1ccccc1. The summed E-state index contributed by atoms with van der Waals surface area (Å²) in [6, 6.07) is 10.5. The van der Waals surface area contributed by atoms with Crippen molar-refractivity contribution in [3.8, 4) is 0 Å². The van der Waals surface area contributed by atoms with E-state index in [0.717, 1.165) is 0 Å². The highest BCUT2D eigenvalue weighted by Gasteiger charge is 2.27. The Bertz CT molecular complexity index is 440. The highest BCUT2D eigenvalue weighted by molar-refractivity contribution is 5.66. The number of aliphatic hydroxyl groups excluding tert-OH is 1. The monoisotopic (exact) mass is 272 g/mol. The highest BCUT2D eigenvalue weighted by atomic mass is 16.3. The lowest BCUT2D eigenvalue weighted by Crippen LogP contribution is -2.30. The Kier molecular flexibility index (Phi) is 5.42. The van der Waals surface area contributed by atoms with Gasteiger partial charge in [-0.3, -0.25) is 0 Å². The second-order valence-electron chi connectivity index (χ2n) is 6.35. The summed E-state index contributed by atoms with van der Waals surface area (Å²) < 4.78 is 0. The first kappa shape index (κ1) is 15.3. The molecular formula is C19H28O. The number of allylic oxidation sites excluding steroid dienone is 1. The van der Waals surface area contributed by atoms with Gasteiger partial charge in [-0.15, -0.1) is 0 Å². The van der Waals surface area contributed by atoms with Crippen LogP contribution in [0.25, 0.3) is 5.57 Å². The molecule has 0 unspecified atom stereocenters. The predicted molar refractivity (Wildman–Crippen MR) is 86.5 cm³/mol. The van der Waals surface area contributed by atoms with Crippen molar-refractivity contribution >= 4 is 5.57 Å². The van der Waals surface area contributed by atoms with Crippen molar-refractivity contribution in [1.29, 1.82) is 0 Å². The molecule has 1 aliphatic carbocycles. The van der Waals surface area contributed by atoms with Crippen molar-refractivity contribution < 1.29 is 5.11 Å². The lowest BCUT2D eigenvalue weighted by molar-refractivity contribution is 0.0522. The van der Waals surface area contributed by atoms with Gasteiger partial charge in [-0.1, -0.05) is 62.1 Å². The molecule has 0 heterocycles. The second kappa shape index (κ2) is 7.08. The molecule has 20 heavy (non-hydrogen) atoms. The number of aliphatic hydroxyl groups is 1. The van der Waals surface area contributed by atoms with Gasteiger partial charge in [0.25, 0.3) is 0 Å². The summed E-state index contributed by atoms with van der Waals surface area (Å²) >= 11 is 0. The van der Waals surface area contributed by atoms with E-state index in [4.69, 9.17) is 0 Å². The molecule has 2 rings (SSSR count). The minimum Gasteiger partial charge on any atom is -0.392 e. The Morgan fingerprint density at radius 1 is 1.05 bits per heavy atom. The molecule has 0 aliphatic heterocycles. The maximum Gasteiger partial charge on any atom is 0.0631 e. The third-order valence-corrected chi connectivity index (χ3v) is 5.13. The van der Waals surface area contributed by atoms with Crippen molar-refractivity contribution in [2.24, 2.45) is 11.8 Å². The van der Waals surface area contributed by atoms with E-state index >= 15 is 0 Å². The zero-order valence-corrected chi connectivity index (χ0v) is 13.1. The molecule has 1 aliphatic rings. The Balaban J connectivity index is 2.12. The van der Waals surface area contributed by atoms with Crippen LogP contribution in [0.15, 0.2) is 35.9 Å². The largest absolute Gasteiger partial charge is 0.392 e. The molecule has 0 spiro atoms. The van der Waals surface area contributed by atoms with Crippen LogP contribution in [-0.2, 0) is 0 Å². The summed E-state index contributed by atoms with van der Waals surface area (Å²) in [6.45, 7) is 6.54. The van der Waals surface area contributed by atoms with E-state index in [9.17, 15) is 5.11 Å². The maximum absolute atomic E-state index is 10.7. The molecule has 1 aromatic rings. The van der Waals surface area contributed by atoms with E-state index in [1.54, 1.807) is 0 Å². The van der Waals surface area contributed by atoms with Gasteiger partial charge in [-0.25, -0.2) is 0 Å². The van der Waals surface area contributed by atoms with Crippen molar-refractivity contribution in [2.75, 3.05) is 0 Å². The first-order chi connectivity index (χ1) is 9.61. The van der Waals surface area contributed by atoms with E-state index in [-0.39, 0.29) is 12.0 Å². The summed E-state index contributed by atoms with van der Waals surface area (Å²) in [5.74, 6) is 0.746. The standard InChI is InChI=1S/C19H28O/c1-14(15(2)17-10-6-4-7-11-17)16(3)19(20)18-12-8-5-9-13-18/h4,6-7,10-11,16,18-20H,5,8-9,12-13H2,1-3H3/b15-14-/t16-,19-/m0/s1. The van der Waals surface area contributed by atoms with Crippen LogP contribution in [0.2, 0.25) is 0 Å². The molecule has 1 saturated carbocycles. The summed E-state index contributed by atoms with van der Waals surface area (Å²) in [6.07, 6.45) is 6.12. The van der Waals surface area contributed by atoms with Gasteiger partial charge in [0.1, 0.15) is 0 Å². The molecule has 1 N–H and O–H groups in total. The fraction of sp³-hybridized carbons (Fsp3) is 0.579. The number of rotatable bonds is 4. The van der Waals surface area contributed by atoms with E-state index in [1.807, 2.05) is 6.07 Å². The lowest BCUT2D eigenvalue weighted by atomic mass is 9.78. The normalized spacial score (nSPS) is 21.2. The first-order valence-electron chi connectivity index (χ1n) is 8.02. The average molecular weight is 272 g/mol. The molecule has 1 fully saturated rings. The van der Waals surface area contributed by atoms with Crippen LogP contribution in [-0.4, -0.2) is 11.2 Å². The molecule has 1 heteroatoms. The maximum atomic E-state index is 10.7. The van der Waals surface area contributed by atoms with Gasteiger partial charge >= 0.3 is 0 Å². The topological polar surface area (TPSA) is 20.2 Å². The van der Waals surface area contributed by atoms with Gasteiger partial charge in [0.2, 0.25) is 0 Å². The number of hydrogen-bond acceptors (Lipinski definition) is 1. The zero-order chi connectivity index (χ0) is 14.5. The van der Waals surface area contributed by atoms with Crippen molar-refractivity contribution in [2.45, 2.75) is 59.0 Å². The Hall–Kier alpha value is -1.08. The van der Waals surface area contributed by atoms with E-state index < -0.39 is 0 Å². The van der Waals surface area contributed by atoms with Crippen LogP contribution in [0.4, 0.5) is 0 Å². The zero-order valence-electron chi connectivity index (χ0n) is 13.1. The Morgan fingerprint density at radius 3 is 2.25 bits per heavy atom. The molecule has 0 radical (unpaired) electrons. The van der Waals surface area contributed by atoms with Crippen LogP contribution in [0, 0.1) is 11.8 Å². The van der Waals surface area contributed by atoms with Crippen LogP contribution < -0.4 is 0 Å². The third-order valence-electron chi connectivity index (χ3n) is 5.13. The van der Waals surface area contributed by atoms with E-state index in [2.05, 4.69) is 45.0 Å². The molecule has 0 amide bonds. The van der Waals surface area contributed by atoms with Crippen molar-refractivity contribution in [1.82, 2.24) is 0 Å². The molecule has 0 aromatic heterocycles.